The predicted molar refractivity (Wildman–Crippen MR) is 79.0 cm³/mol. The fourth-order valence-corrected chi connectivity index (χ4v) is 2.02. The Bertz CT molecular complexity index is 628. The van der Waals surface area contributed by atoms with Crippen LogP contribution < -0.4 is 5.32 Å². The molecule has 1 aromatic carbocycles. The number of hydrogen-bond acceptors (Lipinski definition) is 4. The van der Waals surface area contributed by atoms with Gasteiger partial charge >= 0.3 is 5.97 Å². The van der Waals surface area contributed by atoms with Gasteiger partial charge in [-0.2, -0.15) is 0 Å². The van der Waals surface area contributed by atoms with E-state index in [9.17, 15) is 4.79 Å². The number of fused-ring (bicyclic) bond motifs is 1. The molecule has 0 saturated heterocycles. The van der Waals surface area contributed by atoms with E-state index in [4.69, 9.17) is 5.11 Å². The number of carboxylic acids is 1. The molecule has 0 radical (unpaired) electrons. The van der Waals surface area contributed by atoms with E-state index in [0.717, 1.165) is 17.6 Å². The van der Waals surface area contributed by atoms with Crippen molar-refractivity contribution in [1.29, 1.82) is 0 Å². The maximum atomic E-state index is 11.0. The van der Waals surface area contributed by atoms with Gasteiger partial charge in [-0.05, 0) is 31.0 Å². The maximum absolute atomic E-state index is 11.0. The molecule has 0 spiro atoms. The summed E-state index contributed by atoms with van der Waals surface area (Å²) in [5.41, 5.74) is 0.871. The molecule has 0 saturated carbocycles. The zero-order valence-electron chi connectivity index (χ0n) is 11.9. The molecule has 5 nitrogen and oxygen atoms in total. The van der Waals surface area contributed by atoms with Crippen molar-refractivity contribution in [3.63, 3.8) is 0 Å². The number of nitrogens with one attached hydrogen (secondary N) is 1. The second kappa shape index (κ2) is 5.86. The Labute approximate surface area is 118 Å². The van der Waals surface area contributed by atoms with Crippen molar-refractivity contribution in [2.75, 3.05) is 5.32 Å². The van der Waals surface area contributed by atoms with Gasteiger partial charge in [0.1, 0.15) is 12.1 Å². The number of aromatic nitrogens is 2. The molecule has 20 heavy (non-hydrogen) atoms. The smallest absolute Gasteiger partial charge is 0.335 e. The fraction of sp³-hybridized carbons (Fsp3) is 0.400. The zero-order chi connectivity index (χ0) is 14.7. The monoisotopic (exact) mass is 273 g/mol. The summed E-state index contributed by atoms with van der Waals surface area (Å²) in [5.74, 6) is 0.325. The summed E-state index contributed by atoms with van der Waals surface area (Å²) in [5, 5.41) is 13.2. The first-order valence-electron chi connectivity index (χ1n) is 6.77. The molecule has 1 heterocycles. The van der Waals surface area contributed by atoms with Gasteiger partial charge in [0, 0.05) is 11.4 Å². The van der Waals surface area contributed by atoms with E-state index >= 15 is 0 Å². The Morgan fingerprint density at radius 1 is 1.35 bits per heavy atom. The lowest BCUT2D eigenvalue weighted by molar-refractivity contribution is 0.0697. The Kier molecular flexibility index (Phi) is 4.17. The lowest BCUT2D eigenvalue weighted by Crippen LogP contribution is -2.24. The van der Waals surface area contributed by atoms with Crippen molar-refractivity contribution in [2.24, 2.45) is 5.92 Å². The van der Waals surface area contributed by atoms with Gasteiger partial charge in [-0.15, -0.1) is 0 Å². The van der Waals surface area contributed by atoms with Crippen LogP contribution in [0.4, 0.5) is 5.82 Å². The molecule has 1 aromatic heterocycles. The SMILES string of the molecule is CCC(C)C(C)Nc1ncnc2cc(C(=O)O)ccc12. The molecule has 5 heteroatoms. The highest BCUT2D eigenvalue weighted by Crippen LogP contribution is 2.22. The minimum Gasteiger partial charge on any atom is -0.478 e. The Morgan fingerprint density at radius 3 is 2.75 bits per heavy atom. The zero-order valence-corrected chi connectivity index (χ0v) is 11.9. The van der Waals surface area contributed by atoms with Crippen molar-refractivity contribution in [1.82, 2.24) is 9.97 Å². The van der Waals surface area contributed by atoms with Crippen LogP contribution in [0.15, 0.2) is 24.5 Å². The van der Waals surface area contributed by atoms with E-state index in [1.807, 2.05) is 0 Å². The minimum atomic E-state index is -0.951. The molecule has 106 valence electrons. The number of benzene rings is 1. The van der Waals surface area contributed by atoms with Gasteiger partial charge < -0.3 is 10.4 Å². The minimum absolute atomic E-state index is 0.233. The number of anilines is 1. The standard InChI is InChI=1S/C15H19N3O2/c1-4-9(2)10(3)18-14-12-6-5-11(15(19)20)7-13(12)16-8-17-14/h5-10H,4H2,1-3H3,(H,19,20)(H,16,17,18). The van der Waals surface area contributed by atoms with Gasteiger partial charge in [-0.3, -0.25) is 0 Å². The third-order valence-corrected chi connectivity index (χ3v) is 3.75. The molecule has 2 rings (SSSR count). The molecule has 2 atom stereocenters. The number of nitrogens with zero attached hydrogens (tertiary/aromatic N) is 2. The Morgan fingerprint density at radius 2 is 2.10 bits per heavy atom. The summed E-state index contributed by atoms with van der Waals surface area (Å²) < 4.78 is 0. The van der Waals surface area contributed by atoms with Gasteiger partial charge in [-0.1, -0.05) is 20.3 Å². The predicted octanol–water partition coefficient (Wildman–Crippen LogP) is 3.17. The third kappa shape index (κ3) is 2.87. The molecule has 0 aliphatic rings. The van der Waals surface area contributed by atoms with Crippen molar-refractivity contribution < 1.29 is 9.90 Å². The lowest BCUT2D eigenvalue weighted by atomic mass is 10.0. The Hall–Kier alpha value is -2.17. The second-order valence-electron chi connectivity index (χ2n) is 5.08. The highest BCUT2D eigenvalue weighted by atomic mass is 16.4. The quantitative estimate of drug-likeness (QED) is 0.875. The number of rotatable bonds is 5. The average Bonchev–Trinajstić information content (AvgIpc) is 2.45. The van der Waals surface area contributed by atoms with E-state index in [0.29, 0.717) is 11.4 Å². The van der Waals surface area contributed by atoms with E-state index in [1.165, 1.54) is 6.33 Å². The summed E-state index contributed by atoms with van der Waals surface area (Å²) in [6.45, 7) is 6.46. The van der Waals surface area contributed by atoms with E-state index < -0.39 is 5.97 Å². The molecule has 2 aromatic rings. The summed E-state index contributed by atoms with van der Waals surface area (Å²) in [6.07, 6.45) is 2.54. The second-order valence-corrected chi connectivity index (χ2v) is 5.08. The van der Waals surface area contributed by atoms with Gasteiger partial charge in [0.25, 0.3) is 0 Å². The molecule has 2 unspecified atom stereocenters. The molecule has 0 fully saturated rings. The van der Waals surface area contributed by atoms with Crippen LogP contribution in [0.5, 0.6) is 0 Å². The maximum Gasteiger partial charge on any atom is 0.335 e. The van der Waals surface area contributed by atoms with Crippen LogP contribution in [0, 0.1) is 5.92 Å². The normalized spacial score (nSPS) is 13.9. The molecular formula is C15H19N3O2. The van der Waals surface area contributed by atoms with E-state index in [1.54, 1.807) is 18.2 Å². The van der Waals surface area contributed by atoms with Crippen LogP contribution in [0.2, 0.25) is 0 Å². The largest absolute Gasteiger partial charge is 0.478 e. The first-order valence-corrected chi connectivity index (χ1v) is 6.77. The van der Waals surface area contributed by atoms with Gasteiger partial charge in [-0.25, -0.2) is 14.8 Å². The van der Waals surface area contributed by atoms with Crippen molar-refractivity contribution in [3.8, 4) is 0 Å². The van der Waals surface area contributed by atoms with Crippen molar-refractivity contribution in [2.45, 2.75) is 33.2 Å². The number of aromatic carboxylic acids is 1. The molecule has 2 N–H and O–H groups in total. The number of carboxylic acid groups (broad SMARTS) is 1. The van der Waals surface area contributed by atoms with Crippen LogP contribution in [0.25, 0.3) is 10.9 Å². The van der Waals surface area contributed by atoms with Crippen molar-refractivity contribution >= 4 is 22.7 Å². The van der Waals surface area contributed by atoms with E-state index in [2.05, 4.69) is 36.1 Å². The number of carbonyl (C=O) groups is 1. The molecule has 0 aliphatic heterocycles. The molecular weight excluding hydrogens is 254 g/mol. The molecule has 0 bridgehead atoms. The topological polar surface area (TPSA) is 75.1 Å². The summed E-state index contributed by atoms with van der Waals surface area (Å²) in [7, 11) is 0. The Balaban J connectivity index is 2.37. The fourth-order valence-electron chi connectivity index (χ4n) is 2.02. The van der Waals surface area contributed by atoms with Crippen LogP contribution in [0.3, 0.4) is 0 Å². The van der Waals surface area contributed by atoms with Crippen LogP contribution in [-0.2, 0) is 0 Å². The van der Waals surface area contributed by atoms with E-state index in [-0.39, 0.29) is 11.6 Å². The van der Waals surface area contributed by atoms with Gasteiger partial charge in [0.05, 0.1) is 11.1 Å². The summed E-state index contributed by atoms with van der Waals surface area (Å²) in [4.78, 5) is 19.4. The van der Waals surface area contributed by atoms with Gasteiger partial charge in [0.2, 0.25) is 0 Å². The first-order chi connectivity index (χ1) is 9.52. The molecule has 0 amide bonds. The molecule has 0 aliphatic carbocycles. The highest BCUT2D eigenvalue weighted by Gasteiger charge is 2.13. The summed E-state index contributed by atoms with van der Waals surface area (Å²) in [6, 6.07) is 5.19. The van der Waals surface area contributed by atoms with Gasteiger partial charge in [0.15, 0.2) is 0 Å². The van der Waals surface area contributed by atoms with Crippen molar-refractivity contribution in [3.05, 3.63) is 30.1 Å². The average molecular weight is 273 g/mol. The third-order valence-electron chi connectivity index (χ3n) is 3.75. The van der Waals surface area contributed by atoms with Crippen LogP contribution >= 0.6 is 0 Å². The summed E-state index contributed by atoms with van der Waals surface area (Å²) >= 11 is 0. The lowest BCUT2D eigenvalue weighted by Gasteiger charge is -2.21. The van der Waals surface area contributed by atoms with Crippen LogP contribution in [0.1, 0.15) is 37.6 Å². The van der Waals surface area contributed by atoms with Crippen LogP contribution in [-0.4, -0.2) is 27.1 Å². The first kappa shape index (κ1) is 14.2. The number of hydrogen-bond donors (Lipinski definition) is 2. The highest BCUT2D eigenvalue weighted by molar-refractivity contribution is 5.96.